The molecule has 108 valence electrons. The van der Waals surface area contributed by atoms with Gasteiger partial charge in [-0.25, -0.2) is 8.42 Å². The topological polar surface area (TPSA) is 57.6 Å². The molecular weight excluding hydrogens is 274 g/mol. The van der Waals surface area contributed by atoms with Crippen molar-refractivity contribution in [3.8, 4) is 11.8 Å². The van der Waals surface area contributed by atoms with Crippen LogP contribution in [-0.4, -0.2) is 37.0 Å². The zero-order chi connectivity index (χ0) is 14.8. The van der Waals surface area contributed by atoms with E-state index in [1.54, 1.807) is 22.5 Å². The summed E-state index contributed by atoms with van der Waals surface area (Å²) in [5, 5.41) is 8.81. The quantitative estimate of drug-likeness (QED) is 0.856. The minimum atomic E-state index is -3.52. The van der Waals surface area contributed by atoms with E-state index >= 15 is 0 Å². The molecule has 0 aliphatic heterocycles. The fourth-order valence-corrected chi connectivity index (χ4v) is 4.04. The molecule has 1 saturated carbocycles. The van der Waals surface area contributed by atoms with Crippen molar-refractivity contribution in [3.63, 3.8) is 0 Å². The minimum Gasteiger partial charge on any atom is -0.384 e. The lowest BCUT2D eigenvalue weighted by Crippen LogP contribution is -2.33. The predicted molar refractivity (Wildman–Crippen MR) is 77.7 cm³/mol. The first-order valence-electron chi connectivity index (χ1n) is 6.73. The second-order valence-electron chi connectivity index (χ2n) is 4.90. The first-order chi connectivity index (χ1) is 9.50. The Balaban J connectivity index is 2.50. The molecule has 0 saturated heterocycles. The van der Waals surface area contributed by atoms with Crippen molar-refractivity contribution in [1.29, 1.82) is 0 Å². The van der Waals surface area contributed by atoms with Crippen molar-refractivity contribution >= 4 is 10.0 Å². The van der Waals surface area contributed by atoms with Crippen LogP contribution in [0.3, 0.4) is 0 Å². The number of hydrogen-bond acceptors (Lipinski definition) is 3. The SMILES string of the molecule is CCN(C1CC1)S(=O)(=O)c1ccc(C)cc1C#CCO. The summed E-state index contributed by atoms with van der Waals surface area (Å²) in [6.07, 6.45) is 1.85. The van der Waals surface area contributed by atoms with Crippen molar-refractivity contribution in [3.05, 3.63) is 29.3 Å². The van der Waals surface area contributed by atoms with Crippen LogP contribution in [0.15, 0.2) is 23.1 Å². The molecule has 1 fully saturated rings. The van der Waals surface area contributed by atoms with Crippen LogP contribution in [0.1, 0.15) is 30.9 Å². The zero-order valence-corrected chi connectivity index (χ0v) is 12.6. The molecule has 1 aromatic carbocycles. The Bertz CT molecular complexity index is 651. The molecule has 0 aromatic heterocycles. The predicted octanol–water partition coefficient (Wildman–Crippen LogP) is 1.51. The summed E-state index contributed by atoms with van der Waals surface area (Å²) in [5.41, 5.74) is 1.40. The standard InChI is InChI=1S/C15H19NO3S/c1-3-16(14-7-8-14)20(18,19)15-9-6-12(2)11-13(15)5-4-10-17/h6,9,11,14,17H,3,7-8,10H2,1-2H3. The highest BCUT2D eigenvalue weighted by Crippen LogP contribution is 2.32. The molecule has 2 rings (SSSR count). The summed E-state index contributed by atoms with van der Waals surface area (Å²) < 4.78 is 27.0. The fraction of sp³-hybridized carbons (Fsp3) is 0.467. The first kappa shape index (κ1) is 15.0. The summed E-state index contributed by atoms with van der Waals surface area (Å²) in [5.74, 6) is 5.27. The molecule has 0 amide bonds. The molecule has 1 aromatic rings. The van der Waals surface area contributed by atoms with Gasteiger partial charge in [0.1, 0.15) is 6.61 Å². The smallest absolute Gasteiger partial charge is 0.244 e. The molecule has 0 atom stereocenters. The molecule has 20 heavy (non-hydrogen) atoms. The molecule has 5 heteroatoms. The van der Waals surface area contributed by atoms with E-state index in [-0.39, 0.29) is 17.5 Å². The van der Waals surface area contributed by atoms with Gasteiger partial charge in [-0.15, -0.1) is 0 Å². The summed E-state index contributed by atoms with van der Waals surface area (Å²) in [7, 11) is -3.52. The Kier molecular flexibility index (Phi) is 4.48. The lowest BCUT2D eigenvalue weighted by atomic mass is 10.1. The maximum Gasteiger partial charge on any atom is 0.244 e. The number of rotatable bonds is 4. The number of benzene rings is 1. The number of aryl methyl sites for hydroxylation is 1. The first-order valence-corrected chi connectivity index (χ1v) is 8.17. The van der Waals surface area contributed by atoms with E-state index in [1.807, 2.05) is 13.8 Å². The molecule has 0 heterocycles. The third-order valence-corrected chi connectivity index (χ3v) is 5.38. The van der Waals surface area contributed by atoms with Crippen molar-refractivity contribution in [2.24, 2.45) is 0 Å². The number of aliphatic hydroxyl groups is 1. The van der Waals surface area contributed by atoms with Gasteiger partial charge in [-0.2, -0.15) is 4.31 Å². The summed E-state index contributed by atoms with van der Waals surface area (Å²) in [6, 6.07) is 5.26. The van der Waals surface area contributed by atoms with E-state index in [9.17, 15) is 8.42 Å². The molecule has 1 aliphatic rings. The van der Waals surface area contributed by atoms with Crippen molar-refractivity contribution < 1.29 is 13.5 Å². The summed E-state index contributed by atoms with van der Waals surface area (Å²) in [6.45, 7) is 3.92. The average molecular weight is 293 g/mol. The van der Waals surface area contributed by atoms with Gasteiger partial charge in [0, 0.05) is 18.2 Å². The third kappa shape index (κ3) is 3.04. The van der Waals surface area contributed by atoms with Crippen LogP contribution in [0.4, 0.5) is 0 Å². The summed E-state index contributed by atoms with van der Waals surface area (Å²) >= 11 is 0. The molecule has 1 aliphatic carbocycles. The average Bonchev–Trinajstić information content (AvgIpc) is 3.21. The van der Waals surface area contributed by atoms with Gasteiger partial charge in [0.15, 0.2) is 0 Å². The van der Waals surface area contributed by atoms with Crippen LogP contribution in [0.2, 0.25) is 0 Å². The molecule has 4 nitrogen and oxygen atoms in total. The maximum atomic E-state index is 12.7. The summed E-state index contributed by atoms with van der Waals surface area (Å²) in [4.78, 5) is 0.234. The van der Waals surface area contributed by atoms with Gasteiger partial charge in [-0.1, -0.05) is 24.8 Å². The van der Waals surface area contributed by atoms with E-state index < -0.39 is 10.0 Å². The van der Waals surface area contributed by atoms with Crippen molar-refractivity contribution in [1.82, 2.24) is 4.31 Å². The number of aliphatic hydroxyl groups excluding tert-OH is 1. The highest BCUT2D eigenvalue weighted by molar-refractivity contribution is 7.89. The van der Waals surface area contributed by atoms with Crippen LogP contribution in [0, 0.1) is 18.8 Å². The van der Waals surface area contributed by atoms with Crippen LogP contribution in [-0.2, 0) is 10.0 Å². The van der Waals surface area contributed by atoms with E-state index in [1.165, 1.54) is 0 Å². The fourth-order valence-electron chi connectivity index (χ4n) is 2.21. The molecule has 0 bridgehead atoms. The molecule has 1 N–H and O–H groups in total. The minimum absolute atomic E-state index is 0.130. The lowest BCUT2D eigenvalue weighted by Gasteiger charge is -2.21. The molecule has 0 spiro atoms. The molecule has 0 unspecified atom stereocenters. The number of nitrogens with zero attached hydrogens (tertiary/aromatic N) is 1. The van der Waals surface area contributed by atoms with Gasteiger partial charge in [0.2, 0.25) is 10.0 Å². The van der Waals surface area contributed by atoms with Crippen LogP contribution < -0.4 is 0 Å². The van der Waals surface area contributed by atoms with Gasteiger partial charge < -0.3 is 5.11 Å². The number of hydrogen-bond donors (Lipinski definition) is 1. The monoisotopic (exact) mass is 293 g/mol. The second-order valence-corrected chi connectivity index (χ2v) is 6.76. The van der Waals surface area contributed by atoms with E-state index in [0.29, 0.717) is 12.1 Å². The maximum absolute atomic E-state index is 12.7. The van der Waals surface area contributed by atoms with E-state index in [4.69, 9.17) is 5.11 Å². The lowest BCUT2D eigenvalue weighted by molar-refractivity contribution is 0.350. The Morgan fingerprint density at radius 1 is 1.40 bits per heavy atom. The third-order valence-electron chi connectivity index (χ3n) is 3.29. The van der Waals surface area contributed by atoms with Crippen LogP contribution in [0.25, 0.3) is 0 Å². The Hall–Kier alpha value is -1.35. The van der Waals surface area contributed by atoms with Gasteiger partial charge in [0.25, 0.3) is 0 Å². The highest BCUT2D eigenvalue weighted by atomic mass is 32.2. The van der Waals surface area contributed by atoms with E-state index in [2.05, 4.69) is 11.8 Å². The van der Waals surface area contributed by atoms with Crippen molar-refractivity contribution in [2.45, 2.75) is 37.6 Å². The van der Waals surface area contributed by atoms with Gasteiger partial charge in [0.05, 0.1) is 4.90 Å². The Labute approximate surface area is 120 Å². The Morgan fingerprint density at radius 3 is 2.65 bits per heavy atom. The van der Waals surface area contributed by atoms with Crippen LogP contribution >= 0.6 is 0 Å². The normalized spacial score (nSPS) is 15.0. The second kappa shape index (κ2) is 5.96. The van der Waals surface area contributed by atoms with Crippen LogP contribution in [0.5, 0.6) is 0 Å². The number of sulfonamides is 1. The molecule has 0 radical (unpaired) electrons. The highest BCUT2D eigenvalue weighted by Gasteiger charge is 2.37. The van der Waals surface area contributed by atoms with Gasteiger partial charge in [-0.3, -0.25) is 0 Å². The van der Waals surface area contributed by atoms with Crippen molar-refractivity contribution in [2.75, 3.05) is 13.2 Å². The van der Waals surface area contributed by atoms with Gasteiger partial charge >= 0.3 is 0 Å². The largest absolute Gasteiger partial charge is 0.384 e. The molecular formula is C15H19NO3S. The van der Waals surface area contributed by atoms with E-state index in [0.717, 1.165) is 18.4 Å². The Morgan fingerprint density at radius 2 is 2.10 bits per heavy atom. The van der Waals surface area contributed by atoms with Gasteiger partial charge in [-0.05, 0) is 37.5 Å². The zero-order valence-electron chi connectivity index (χ0n) is 11.8.